The Kier molecular flexibility index (Phi) is 3.62. The number of fused-ring (bicyclic) bond motifs is 2. The number of nitrogens with zero attached hydrogens (tertiary/aromatic N) is 1. The molecule has 0 spiro atoms. The molecule has 6 heteroatoms. The van der Waals surface area contributed by atoms with Crippen LogP contribution < -0.4 is 10.6 Å². The number of imide groups is 1. The fourth-order valence-electron chi connectivity index (χ4n) is 5.25. The fraction of sp³-hybridized carbons (Fsp3) is 0.833. The maximum atomic E-state index is 12.6. The molecule has 2 bridgehead atoms. The van der Waals surface area contributed by atoms with Gasteiger partial charge in [0.05, 0.1) is 0 Å². The number of rotatable bonds is 5. The highest BCUT2D eigenvalue weighted by molar-refractivity contribution is 6.09. The molecule has 4 rings (SSSR count). The predicted octanol–water partition coefficient (Wildman–Crippen LogP) is 1.65. The Hall–Kier alpha value is -1.59. The zero-order chi connectivity index (χ0) is 17.1. The molecule has 1 saturated heterocycles. The quantitative estimate of drug-likeness (QED) is 0.751. The summed E-state index contributed by atoms with van der Waals surface area (Å²) in [7, 11) is 0. The van der Waals surface area contributed by atoms with E-state index in [1.807, 2.05) is 0 Å². The molecule has 24 heavy (non-hydrogen) atoms. The Balaban J connectivity index is 1.34. The van der Waals surface area contributed by atoms with E-state index in [-0.39, 0.29) is 30.3 Å². The van der Waals surface area contributed by atoms with Crippen molar-refractivity contribution in [3.8, 4) is 0 Å². The lowest BCUT2D eigenvalue weighted by molar-refractivity contribution is -0.135. The van der Waals surface area contributed by atoms with Crippen molar-refractivity contribution in [3.05, 3.63) is 0 Å². The summed E-state index contributed by atoms with van der Waals surface area (Å²) in [5, 5.41) is 5.82. The van der Waals surface area contributed by atoms with Crippen LogP contribution in [0.25, 0.3) is 0 Å². The van der Waals surface area contributed by atoms with Crippen LogP contribution in [0.3, 0.4) is 0 Å². The van der Waals surface area contributed by atoms with Gasteiger partial charge in [-0.15, -0.1) is 0 Å². The minimum atomic E-state index is -0.812. The molecular formula is C18H27N3O3. The van der Waals surface area contributed by atoms with E-state index in [1.165, 1.54) is 25.7 Å². The summed E-state index contributed by atoms with van der Waals surface area (Å²) in [6, 6.07) is -0.319. The van der Waals surface area contributed by atoms with Gasteiger partial charge >= 0.3 is 6.03 Å². The van der Waals surface area contributed by atoms with E-state index in [4.69, 9.17) is 0 Å². The van der Waals surface area contributed by atoms with E-state index in [0.717, 1.165) is 29.6 Å². The van der Waals surface area contributed by atoms with Gasteiger partial charge in [0.1, 0.15) is 12.1 Å². The summed E-state index contributed by atoms with van der Waals surface area (Å²) in [6.45, 7) is 3.67. The second-order valence-corrected chi connectivity index (χ2v) is 8.49. The zero-order valence-corrected chi connectivity index (χ0v) is 14.5. The molecular weight excluding hydrogens is 306 g/mol. The second kappa shape index (κ2) is 5.46. The van der Waals surface area contributed by atoms with E-state index in [0.29, 0.717) is 5.92 Å². The van der Waals surface area contributed by atoms with Crippen LogP contribution in [0.2, 0.25) is 0 Å². The van der Waals surface area contributed by atoms with E-state index in [2.05, 4.69) is 17.6 Å². The van der Waals surface area contributed by atoms with Gasteiger partial charge in [0, 0.05) is 6.04 Å². The number of hydrogen-bond donors (Lipinski definition) is 2. The minimum absolute atomic E-state index is 0.114. The normalized spacial score (nSPS) is 39.2. The molecule has 1 aliphatic heterocycles. The first-order valence-corrected chi connectivity index (χ1v) is 9.32. The molecule has 1 heterocycles. The Morgan fingerprint density at radius 3 is 2.62 bits per heavy atom. The number of urea groups is 1. The van der Waals surface area contributed by atoms with Gasteiger partial charge in [-0.3, -0.25) is 14.5 Å². The first kappa shape index (κ1) is 15.9. The number of hydrogen-bond acceptors (Lipinski definition) is 3. The van der Waals surface area contributed by atoms with Crippen molar-refractivity contribution in [2.75, 3.05) is 6.54 Å². The van der Waals surface area contributed by atoms with E-state index in [9.17, 15) is 14.4 Å². The standard InChI is InChI=1S/C18H27N3O3/c1-10(14-8-11-3-4-12(14)7-11)19-15(22)9-21-16(23)18(2,13-5-6-13)20-17(21)24/h10-14H,3-9H2,1-2H3,(H,19,22)(H,20,24)/t10-,11-,12-,14-,18+/m0/s1. The highest BCUT2D eigenvalue weighted by Crippen LogP contribution is 2.49. The second-order valence-electron chi connectivity index (χ2n) is 8.49. The van der Waals surface area contributed by atoms with Gasteiger partial charge in [-0.25, -0.2) is 4.79 Å². The Labute approximate surface area is 142 Å². The molecule has 6 nitrogen and oxygen atoms in total. The monoisotopic (exact) mass is 333 g/mol. The molecule has 4 fully saturated rings. The topological polar surface area (TPSA) is 78.5 Å². The van der Waals surface area contributed by atoms with Crippen LogP contribution >= 0.6 is 0 Å². The molecule has 0 radical (unpaired) electrons. The van der Waals surface area contributed by atoms with Gasteiger partial charge in [-0.2, -0.15) is 0 Å². The molecule has 2 N–H and O–H groups in total. The number of carbonyl (C=O) groups excluding carboxylic acids is 3. The van der Waals surface area contributed by atoms with Crippen molar-refractivity contribution in [1.82, 2.24) is 15.5 Å². The molecule has 0 aromatic rings. The minimum Gasteiger partial charge on any atom is -0.352 e. The molecule has 3 aliphatic carbocycles. The average Bonchev–Trinajstić information content (AvgIpc) is 3.13. The van der Waals surface area contributed by atoms with Gasteiger partial charge in [0.15, 0.2) is 0 Å². The van der Waals surface area contributed by atoms with Gasteiger partial charge in [-0.05, 0) is 69.6 Å². The molecule has 5 atom stereocenters. The summed E-state index contributed by atoms with van der Waals surface area (Å²) in [5.74, 6) is 1.86. The smallest absolute Gasteiger partial charge is 0.325 e. The Morgan fingerprint density at radius 2 is 2.04 bits per heavy atom. The lowest BCUT2D eigenvalue weighted by Gasteiger charge is -2.29. The molecule has 0 aromatic carbocycles. The van der Waals surface area contributed by atoms with Crippen LogP contribution in [0, 0.1) is 23.7 Å². The SMILES string of the molecule is C[C@H](NC(=O)CN1C(=O)N[C@](C)(C2CC2)C1=O)[C@@H]1C[C@H]2CC[C@H]1C2. The van der Waals surface area contributed by atoms with Crippen LogP contribution in [-0.4, -0.2) is 40.9 Å². The van der Waals surface area contributed by atoms with Crippen molar-refractivity contribution in [2.24, 2.45) is 23.7 Å². The Morgan fingerprint density at radius 1 is 1.29 bits per heavy atom. The average molecular weight is 333 g/mol. The zero-order valence-electron chi connectivity index (χ0n) is 14.5. The molecule has 0 aromatic heterocycles. The van der Waals surface area contributed by atoms with Crippen LogP contribution in [0.5, 0.6) is 0 Å². The molecule has 0 unspecified atom stereocenters. The molecule has 4 aliphatic rings. The first-order chi connectivity index (χ1) is 11.4. The van der Waals surface area contributed by atoms with Gasteiger partial charge in [0.2, 0.25) is 5.91 Å². The highest BCUT2D eigenvalue weighted by Gasteiger charge is 2.56. The summed E-state index contributed by atoms with van der Waals surface area (Å²) < 4.78 is 0. The molecule has 4 amide bonds. The van der Waals surface area contributed by atoms with Gasteiger partial charge in [0.25, 0.3) is 5.91 Å². The Bertz CT molecular complexity index is 588. The van der Waals surface area contributed by atoms with Crippen LogP contribution in [0.15, 0.2) is 0 Å². The van der Waals surface area contributed by atoms with E-state index >= 15 is 0 Å². The van der Waals surface area contributed by atoms with Crippen LogP contribution in [0.1, 0.15) is 52.4 Å². The third kappa shape index (κ3) is 2.50. The number of carbonyl (C=O) groups is 3. The summed E-state index contributed by atoms with van der Waals surface area (Å²) in [6.07, 6.45) is 7.05. The maximum Gasteiger partial charge on any atom is 0.325 e. The summed E-state index contributed by atoms with van der Waals surface area (Å²) >= 11 is 0. The van der Waals surface area contributed by atoms with Crippen molar-refractivity contribution in [3.63, 3.8) is 0 Å². The lowest BCUT2D eigenvalue weighted by Crippen LogP contribution is -2.48. The summed E-state index contributed by atoms with van der Waals surface area (Å²) in [5.41, 5.74) is -0.812. The predicted molar refractivity (Wildman–Crippen MR) is 87.9 cm³/mol. The molecule has 132 valence electrons. The fourth-order valence-corrected chi connectivity index (χ4v) is 5.25. The van der Waals surface area contributed by atoms with Gasteiger partial charge in [-0.1, -0.05) is 6.42 Å². The van der Waals surface area contributed by atoms with Crippen LogP contribution in [-0.2, 0) is 9.59 Å². The van der Waals surface area contributed by atoms with Gasteiger partial charge < -0.3 is 10.6 Å². The maximum absolute atomic E-state index is 12.6. The highest BCUT2D eigenvalue weighted by atomic mass is 16.2. The molecule has 3 saturated carbocycles. The van der Waals surface area contributed by atoms with E-state index < -0.39 is 11.6 Å². The first-order valence-electron chi connectivity index (χ1n) is 9.32. The van der Waals surface area contributed by atoms with Crippen LogP contribution in [0.4, 0.5) is 4.79 Å². The largest absolute Gasteiger partial charge is 0.352 e. The van der Waals surface area contributed by atoms with Crippen molar-refractivity contribution < 1.29 is 14.4 Å². The van der Waals surface area contributed by atoms with Crippen molar-refractivity contribution in [1.29, 1.82) is 0 Å². The lowest BCUT2D eigenvalue weighted by atomic mass is 9.84. The third-order valence-electron chi connectivity index (χ3n) is 6.82. The number of amides is 4. The van der Waals surface area contributed by atoms with Crippen molar-refractivity contribution >= 4 is 17.8 Å². The number of nitrogens with one attached hydrogen (secondary N) is 2. The van der Waals surface area contributed by atoms with Crippen molar-refractivity contribution in [2.45, 2.75) is 64.0 Å². The third-order valence-corrected chi connectivity index (χ3v) is 6.82. The van der Waals surface area contributed by atoms with E-state index in [1.54, 1.807) is 6.92 Å². The summed E-state index contributed by atoms with van der Waals surface area (Å²) in [4.78, 5) is 38.2.